The maximum atomic E-state index is 13.8. The summed E-state index contributed by atoms with van der Waals surface area (Å²) in [7, 11) is 0. The summed E-state index contributed by atoms with van der Waals surface area (Å²) in [6, 6.07) is 15.8. The third kappa shape index (κ3) is 4.51. The number of rotatable bonds is 5. The predicted molar refractivity (Wildman–Crippen MR) is 146 cm³/mol. The summed E-state index contributed by atoms with van der Waals surface area (Å²) in [4.78, 5) is 37.1. The first-order valence-electron chi connectivity index (χ1n) is 13.2. The molecule has 2 aliphatic heterocycles. The molecule has 0 spiro atoms. The number of fused-ring (bicyclic) bond motifs is 4. The summed E-state index contributed by atoms with van der Waals surface area (Å²) >= 11 is 1.51. The van der Waals surface area contributed by atoms with E-state index in [0.29, 0.717) is 42.6 Å². The second kappa shape index (κ2) is 9.65. The van der Waals surface area contributed by atoms with E-state index in [9.17, 15) is 9.59 Å². The Hall–Kier alpha value is -3.53. The largest absolute Gasteiger partial charge is 0.439 e. The van der Waals surface area contributed by atoms with Crippen molar-refractivity contribution in [3.05, 3.63) is 70.4 Å². The molecule has 1 saturated carbocycles. The standard InChI is InChI=1S/C29H28N4O4S/c34-28(30-20-6-7-20)25-16-18-9-10-33(23-4-2-1-3-21(23)27(18)38-25)29(35)19-5-8-22-24(15-19)37-26(31-22)17-32-11-13-36-14-12-32/h1-5,8,15-16,20H,6-7,9-14,17H2,(H,30,34). The number of benzene rings is 2. The van der Waals surface area contributed by atoms with Crippen LogP contribution < -0.4 is 10.2 Å². The van der Waals surface area contributed by atoms with E-state index < -0.39 is 0 Å². The van der Waals surface area contributed by atoms with Crippen LogP contribution in [0.5, 0.6) is 0 Å². The van der Waals surface area contributed by atoms with Gasteiger partial charge in [-0.2, -0.15) is 0 Å². The minimum atomic E-state index is -0.0765. The highest BCUT2D eigenvalue weighted by Crippen LogP contribution is 2.42. The van der Waals surface area contributed by atoms with E-state index in [0.717, 1.165) is 71.2 Å². The molecule has 0 unspecified atom stereocenters. The van der Waals surface area contributed by atoms with Crippen molar-refractivity contribution < 1.29 is 18.7 Å². The number of ether oxygens (including phenoxy) is 1. The number of nitrogens with one attached hydrogen (secondary N) is 1. The van der Waals surface area contributed by atoms with Gasteiger partial charge in [0.25, 0.3) is 11.8 Å². The van der Waals surface area contributed by atoms with Gasteiger partial charge >= 0.3 is 0 Å². The molecule has 1 saturated heterocycles. The van der Waals surface area contributed by atoms with Crippen molar-refractivity contribution in [3.8, 4) is 10.4 Å². The van der Waals surface area contributed by atoms with Gasteiger partial charge in [-0.1, -0.05) is 18.2 Å². The predicted octanol–water partition coefficient (Wildman–Crippen LogP) is 4.48. The molecular formula is C29H28N4O4S. The number of anilines is 1. The molecule has 0 bridgehead atoms. The second-order valence-electron chi connectivity index (χ2n) is 10.1. The fraction of sp³-hybridized carbons (Fsp3) is 0.345. The second-order valence-corrected chi connectivity index (χ2v) is 11.2. The lowest BCUT2D eigenvalue weighted by Gasteiger charge is -2.24. The van der Waals surface area contributed by atoms with E-state index in [-0.39, 0.29) is 11.8 Å². The fourth-order valence-corrected chi connectivity index (χ4v) is 6.33. The number of thiophene rings is 1. The van der Waals surface area contributed by atoms with Crippen molar-refractivity contribution >= 4 is 39.9 Å². The Balaban J connectivity index is 1.16. The first-order chi connectivity index (χ1) is 18.6. The van der Waals surface area contributed by atoms with Gasteiger partial charge < -0.3 is 19.4 Å². The highest BCUT2D eigenvalue weighted by molar-refractivity contribution is 7.17. The summed E-state index contributed by atoms with van der Waals surface area (Å²) in [6.45, 7) is 4.31. The van der Waals surface area contributed by atoms with E-state index in [1.165, 1.54) is 11.3 Å². The minimum absolute atomic E-state index is 0.00402. The zero-order valence-corrected chi connectivity index (χ0v) is 21.8. The van der Waals surface area contributed by atoms with Crippen molar-refractivity contribution in [2.45, 2.75) is 31.8 Å². The quantitative estimate of drug-likeness (QED) is 0.411. The van der Waals surface area contributed by atoms with Crippen molar-refractivity contribution in [2.24, 2.45) is 0 Å². The van der Waals surface area contributed by atoms with Crippen LogP contribution in [0.4, 0.5) is 5.69 Å². The van der Waals surface area contributed by atoms with Crippen molar-refractivity contribution in [2.75, 3.05) is 37.7 Å². The van der Waals surface area contributed by atoms with Crippen LogP contribution in [0.3, 0.4) is 0 Å². The molecule has 1 aliphatic carbocycles. The number of oxazole rings is 1. The van der Waals surface area contributed by atoms with E-state index in [1.54, 1.807) is 6.07 Å². The molecule has 1 N–H and O–H groups in total. The van der Waals surface area contributed by atoms with Gasteiger partial charge in [-0.25, -0.2) is 4.98 Å². The third-order valence-electron chi connectivity index (χ3n) is 7.38. The summed E-state index contributed by atoms with van der Waals surface area (Å²) < 4.78 is 11.5. The van der Waals surface area contributed by atoms with Gasteiger partial charge in [0.1, 0.15) is 5.52 Å². The van der Waals surface area contributed by atoms with Gasteiger partial charge in [0.2, 0.25) is 5.89 Å². The van der Waals surface area contributed by atoms with Crippen molar-refractivity contribution in [1.82, 2.24) is 15.2 Å². The molecule has 2 aromatic carbocycles. The summed E-state index contributed by atoms with van der Waals surface area (Å²) in [5.74, 6) is 0.578. The Morgan fingerprint density at radius 1 is 1.05 bits per heavy atom. The number of carbonyl (C=O) groups is 2. The van der Waals surface area contributed by atoms with Gasteiger partial charge in [-0.15, -0.1) is 11.3 Å². The number of nitrogens with zero attached hydrogens (tertiary/aromatic N) is 3. The highest BCUT2D eigenvalue weighted by Gasteiger charge is 2.29. The van der Waals surface area contributed by atoms with Gasteiger partial charge in [0, 0.05) is 41.7 Å². The number of para-hydroxylation sites is 1. The van der Waals surface area contributed by atoms with E-state index >= 15 is 0 Å². The van der Waals surface area contributed by atoms with E-state index in [1.807, 2.05) is 47.4 Å². The molecule has 2 fully saturated rings. The number of hydrogen-bond acceptors (Lipinski definition) is 7. The van der Waals surface area contributed by atoms with Crippen molar-refractivity contribution in [3.63, 3.8) is 0 Å². The number of amides is 2. The Bertz CT molecular complexity index is 1530. The van der Waals surface area contributed by atoms with Crippen LogP contribution in [-0.2, 0) is 17.7 Å². The van der Waals surface area contributed by atoms with Gasteiger partial charge in [-0.3, -0.25) is 14.5 Å². The third-order valence-corrected chi connectivity index (χ3v) is 8.59. The lowest BCUT2D eigenvalue weighted by atomic mass is 10.1. The topological polar surface area (TPSA) is 87.9 Å². The molecule has 9 heteroatoms. The van der Waals surface area contributed by atoms with E-state index in [2.05, 4.69) is 15.2 Å². The lowest BCUT2D eigenvalue weighted by Crippen LogP contribution is -2.35. The molecule has 38 heavy (non-hydrogen) atoms. The van der Waals surface area contributed by atoms with Crippen LogP contribution in [-0.4, -0.2) is 60.6 Å². The molecule has 7 rings (SSSR count). The van der Waals surface area contributed by atoms with Gasteiger partial charge in [0.15, 0.2) is 5.58 Å². The van der Waals surface area contributed by atoms with E-state index in [4.69, 9.17) is 9.15 Å². The Morgan fingerprint density at radius 3 is 2.74 bits per heavy atom. The number of aromatic nitrogens is 1. The molecule has 0 atom stereocenters. The summed E-state index contributed by atoms with van der Waals surface area (Å²) in [5, 5.41) is 3.09. The molecule has 3 aliphatic rings. The molecule has 2 aromatic heterocycles. The number of hydrogen-bond donors (Lipinski definition) is 1. The maximum Gasteiger partial charge on any atom is 0.261 e. The monoisotopic (exact) mass is 528 g/mol. The van der Waals surface area contributed by atoms with Gasteiger partial charge in [0.05, 0.1) is 30.3 Å². The molecule has 2 amide bonds. The van der Waals surface area contributed by atoms with Crippen molar-refractivity contribution in [1.29, 1.82) is 0 Å². The van der Waals surface area contributed by atoms with Crippen LogP contribution in [0.2, 0.25) is 0 Å². The number of morpholine rings is 1. The van der Waals surface area contributed by atoms with Crippen LogP contribution in [0, 0.1) is 0 Å². The first-order valence-corrected chi connectivity index (χ1v) is 14.0. The highest BCUT2D eigenvalue weighted by atomic mass is 32.1. The average molecular weight is 529 g/mol. The van der Waals surface area contributed by atoms with Crippen LogP contribution in [0.15, 0.2) is 52.9 Å². The maximum absolute atomic E-state index is 13.8. The first kappa shape index (κ1) is 23.6. The summed E-state index contributed by atoms with van der Waals surface area (Å²) in [6.07, 6.45) is 2.80. The Labute approximate surface area is 224 Å². The lowest BCUT2D eigenvalue weighted by molar-refractivity contribution is 0.0308. The average Bonchev–Trinajstić information content (AvgIpc) is 3.54. The Morgan fingerprint density at radius 2 is 1.89 bits per heavy atom. The zero-order valence-electron chi connectivity index (χ0n) is 20.9. The molecule has 4 heterocycles. The smallest absolute Gasteiger partial charge is 0.261 e. The summed E-state index contributed by atoms with van der Waals surface area (Å²) in [5.41, 5.74) is 4.89. The molecule has 0 radical (unpaired) electrons. The number of carbonyl (C=O) groups excluding carboxylic acids is 2. The van der Waals surface area contributed by atoms with Crippen LogP contribution in [0.25, 0.3) is 21.5 Å². The minimum Gasteiger partial charge on any atom is -0.439 e. The van der Waals surface area contributed by atoms with Crippen LogP contribution in [0.1, 0.15) is 44.3 Å². The van der Waals surface area contributed by atoms with Gasteiger partial charge in [-0.05, 0) is 55.2 Å². The molecular weight excluding hydrogens is 500 g/mol. The normalized spacial score (nSPS) is 17.6. The fourth-order valence-electron chi connectivity index (χ4n) is 5.18. The Kier molecular flexibility index (Phi) is 5.99. The molecule has 194 valence electrons. The zero-order chi connectivity index (χ0) is 25.6. The molecule has 4 aromatic rings. The van der Waals surface area contributed by atoms with Crippen LogP contribution >= 0.6 is 11.3 Å². The SMILES string of the molecule is O=C(NC1CC1)c1cc2c(s1)-c1ccccc1N(C(=O)c1ccc3nc(CN4CCOCC4)oc3c1)CC2. The molecule has 8 nitrogen and oxygen atoms in total.